The minimum absolute atomic E-state index is 0.0164. The zero-order chi connectivity index (χ0) is 26.8. The molecule has 2 saturated heterocycles. The highest BCUT2D eigenvalue weighted by Gasteiger charge is 2.46. The molecule has 2 aliphatic heterocycles. The van der Waals surface area contributed by atoms with Gasteiger partial charge in [-0.15, -0.1) is 10.2 Å². The summed E-state index contributed by atoms with van der Waals surface area (Å²) in [7, 11) is 1.35. The molecule has 210 valence electrons. The Kier molecular flexibility index (Phi) is 8.15. The van der Waals surface area contributed by atoms with Gasteiger partial charge in [0.1, 0.15) is 12.1 Å². The number of piperidine rings is 1. The maximum absolute atomic E-state index is 12.9. The Morgan fingerprint density at radius 2 is 1.63 bits per heavy atom. The summed E-state index contributed by atoms with van der Waals surface area (Å²) < 4.78 is 15.7. The topological polar surface area (TPSA) is 129 Å². The van der Waals surface area contributed by atoms with Gasteiger partial charge in [0.05, 0.1) is 26.4 Å². The summed E-state index contributed by atoms with van der Waals surface area (Å²) in [6, 6.07) is -0.969. The van der Waals surface area contributed by atoms with Crippen molar-refractivity contribution in [3.8, 4) is 0 Å². The van der Waals surface area contributed by atoms with Crippen LogP contribution < -0.4 is 0 Å². The van der Waals surface area contributed by atoms with Gasteiger partial charge in [-0.25, -0.2) is 9.59 Å². The molecular formula is C26H40N6O6. The molecule has 2 aliphatic carbocycles. The molecule has 0 spiro atoms. The first-order valence-corrected chi connectivity index (χ1v) is 14.1. The maximum atomic E-state index is 12.9. The lowest BCUT2D eigenvalue weighted by atomic mass is 9.69. The number of carbonyl (C=O) groups is 3. The molecule has 38 heavy (non-hydrogen) atoms. The fourth-order valence-electron chi connectivity index (χ4n) is 6.65. The number of fused-ring (bicyclic) bond motifs is 1. The third kappa shape index (κ3) is 5.64. The van der Waals surface area contributed by atoms with E-state index in [0.29, 0.717) is 56.2 Å². The minimum Gasteiger partial charge on any atom is -0.465 e. The van der Waals surface area contributed by atoms with Crippen LogP contribution in [-0.2, 0) is 23.8 Å². The summed E-state index contributed by atoms with van der Waals surface area (Å²) in [5.41, 5.74) is 0. The molecule has 0 aromatic carbocycles. The van der Waals surface area contributed by atoms with Crippen molar-refractivity contribution in [3.63, 3.8) is 0 Å². The van der Waals surface area contributed by atoms with E-state index in [2.05, 4.69) is 20.3 Å². The normalized spacial score (nSPS) is 31.5. The number of hydrogen-bond acceptors (Lipinski definition) is 10. The molecule has 12 heteroatoms. The lowest BCUT2D eigenvalue weighted by Gasteiger charge is -2.46. The largest absolute Gasteiger partial charge is 0.465 e. The molecule has 1 aromatic heterocycles. The zero-order valence-electron chi connectivity index (χ0n) is 22.7. The quantitative estimate of drug-likeness (QED) is 0.363. The molecule has 4 fully saturated rings. The van der Waals surface area contributed by atoms with E-state index >= 15 is 0 Å². The van der Waals surface area contributed by atoms with Gasteiger partial charge in [-0.2, -0.15) is 4.80 Å². The second-order valence-corrected chi connectivity index (χ2v) is 11.2. The van der Waals surface area contributed by atoms with Crippen molar-refractivity contribution < 1.29 is 28.6 Å². The summed E-state index contributed by atoms with van der Waals surface area (Å²) in [5, 5.41) is 13.2. The van der Waals surface area contributed by atoms with Crippen LogP contribution in [0.15, 0.2) is 0 Å². The molecule has 12 nitrogen and oxygen atoms in total. The van der Waals surface area contributed by atoms with Crippen LogP contribution in [0.4, 0.5) is 4.79 Å². The number of aromatic nitrogens is 4. The van der Waals surface area contributed by atoms with Crippen molar-refractivity contribution in [3.05, 3.63) is 5.82 Å². The van der Waals surface area contributed by atoms with E-state index in [1.165, 1.54) is 7.11 Å². The lowest BCUT2D eigenvalue weighted by Crippen LogP contribution is -2.55. The summed E-state index contributed by atoms with van der Waals surface area (Å²) in [5.74, 6) is 1.69. The third-order valence-corrected chi connectivity index (χ3v) is 8.70. The van der Waals surface area contributed by atoms with Crippen molar-refractivity contribution in [1.82, 2.24) is 30.0 Å². The Morgan fingerprint density at radius 1 is 0.895 bits per heavy atom. The Hall–Kier alpha value is -2.76. The van der Waals surface area contributed by atoms with E-state index in [-0.39, 0.29) is 30.6 Å². The summed E-state index contributed by atoms with van der Waals surface area (Å²) in [4.78, 5) is 43.5. The molecule has 5 rings (SSSR count). The molecule has 3 heterocycles. The molecule has 1 amide bonds. The van der Waals surface area contributed by atoms with Crippen LogP contribution in [-0.4, -0.2) is 100 Å². The summed E-state index contributed by atoms with van der Waals surface area (Å²) in [6.07, 6.45) is 5.86. The number of likely N-dealkylation sites (tertiary alicyclic amines) is 2. The van der Waals surface area contributed by atoms with Crippen molar-refractivity contribution in [2.75, 3.05) is 40.0 Å². The van der Waals surface area contributed by atoms with Crippen LogP contribution in [0.5, 0.6) is 0 Å². The van der Waals surface area contributed by atoms with Crippen LogP contribution >= 0.6 is 0 Å². The van der Waals surface area contributed by atoms with Gasteiger partial charge in [0.2, 0.25) is 0 Å². The number of amides is 1. The van der Waals surface area contributed by atoms with Gasteiger partial charge < -0.3 is 14.2 Å². The number of esters is 2. The molecule has 0 bridgehead atoms. The Balaban J connectivity index is 1.25. The van der Waals surface area contributed by atoms with Crippen molar-refractivity contribution in [2.45, 2.75) is 82.8 Å². The van der Waals surface area contributed by atoms with Gasteiger partial charge in [-0.1, -0.05) is 0 Å². The molecule has 2 saturated carbocycles. The van der Waals surface area contributed by atoms with Gasteiger partial charge in [0.25, 0.3) is 0 Å². The molecule has 1 aromatic rings. The summed E-state index contributed by atoms with van der Waals surface area (Å²) in [6.45, 7) is 6.18. The van der Waals surface area contributed by atoms with E-state index in [4.69, 9.17) is 14.2 Å². The van der Waals surface area contributed by atoms with Gasteiger partial charge in [-0.3, -0.25) is 14.6 Å². The number of carbonyl (C=O) groups excluding carboxylic acids is 3. The van der Waals surface area contributed by atoms with Crippen LogP contribution in [0.1, 0.15) is 76.6 Å². The highest BCUT2D eigenvalue weighted by Crippen LogP contribution is 2.43. The fourth-order valence-corrected chi connectivity index (χ4v) is 6.65. The Bertz CT molecular complexity index is 1010. The maximum Gasteiger partial charge on any atom is 0.410 e. The van der Waals surface area contributed by atoms with Crippen molar-refractivity contribution in [2.24, 2.45) is 17.8 Å². The van der Waals surface area contributed by atoms with Gasteiger partial charge in [-0.05, 0) is 81.8 Å². The first kappa shape index (κ1) is 26.8. The molecule has 0 radical (unpaired) electrons. The zero-order valence-corrected chi connectivity index (χ0v) is 22.7. The Labute approximate surface area is 223 Å². The van der Waals surface area contributed by atoms with Crippen molar-refractivity contribution in [1.29, 1.82) is 0 Å². The van der Waals surface area contributed by atoms with Crippen molar-refractivity contribution >= 4 is 18.0 Å². The van der Waals surface area contributed by atoms with E-state index in [0.717, 1.165) is 44.5 Å². The van der Waals surface area contributed by atoms with Crippen LogP contribution in [0.25, 0.3) is 0 Å². The predicted octanol–water partition coefficient (Wildman–Crippen LogP) is 2.17. The SMILES string of the molecule is CCOC(=O)C1CC(n2nnc(C3CC3)n2)CN1CC1CCC2CN(C(=O)OC)C(C(=O)OCC)CC2C1. The highest BCUT2D eigenvalue weighted by atomic mass is 16.6. The standard InChI is InChI=1S/C26H40N6O6/c1-4-37-24(33)21-12-20(32-28-23(27-29-32)17-8-9-17)15-30(21)13-16-6-7-18-14-31(26(35)36-3)22(11-19(18)10-16)25(34)38-5-2/h16-22H,4-15H2,1-3H3. The van der Waals surface area contributed by atoms with Crippen LogP contribution in [0.3, 0.4) is 0 Å². The number of rotatable bonds is 8. The average Bonchev–Trinajstić information content (AvgIpc) is 3.49. The smallest absolute Gasteiger partial charge is 0.410 e. The first-order valence-electron chi connectivity index (χ1n) is 14.1. The number of nitrogens with zero attached hydrogens (tertiary/aromatic N) is 6. The van der Waals surface area contributed by atoms with E-state index in [1.54, 1.807) is 16.6 Å². The van der Waals surface area contributed by atoms with Gasteiger partial charge >= 0.3 is 18.0 Å². The number of ether oxygens (including phenoxy) is 3. The molecular weight excluding hydrogens is 492 g/mol. The molecule has 4 aliphatic rings. The summed E-state index contributed by atoms with van der Waals surface area (Å²) >= 11 is 0. The number of hydrogen-bond donors (Lipinski definition) is 0. The molecule has 0 N–H and O–H groups in total. The number of methoxy groups -OCH3 is 1. The van der Waals surface area contributed by atoms with Crippen LogP contribution in [0.2, 0.25) is 0 Å². The average molecular weight is 533 g/mol. The van der Waals surface area contributed by atoms with Gasteiger partial charge in [0.15, 0.2) is 5.82 Å². The van der Waals surface area contributed by atoms with E-state index in [9.17, 15) is 14.4 Å². The highest BCUT2D eigenvalue weighted by molar-refractivity contribution is 5.81. The predicted molar refractivity (Wildman–Crippen MR) is 134 cm³/mol. The first-order chi connectivity index (χ1) is 18.4. The molecule has 6 unspecified atom stereocenters. The molecule has 6 atom stereocenters. The second kappa shape index (κ2) is 11.5. The van der Waals surface area contributed by atoms with E-state index in [1.807, 2.05) is 6.92 Å². The van der Waals surface area contributed by atoms with E-state index < -0.39 is 12.1 Å². The fraction of sp³-hybridized carbons (Fsp3) is 0.846. The monoisotopic (exact) mass is 532 g/mol. The van der Waals surface area contributed by atoms with Crippen LogP contribution in [0, 0.1) is 17.8 Å². The third-order valence-electron chi connectivity index (χ3n) is 8.70. The number of tetrazole rings is 1. The van der Waals surface area contributed by atoms with Gasteiger partial charge in [0, 0.05) is 25.6 Å². The Morgan fingerprint density at radius 3 is 2.32 bits per heavy atom. The minimum atomic E-state index is -0.620. The lowest BCUT2D eigenvalue weighted by molar-refractivity contribution is -0.153. The second-order valence-electron chi connectivity index (χ2n) is 11.2.